The molecule has 0 atom stereocenters. The van der Waals surface area contributed by atoms with Crippen LogP contribution in [0.5, 0.6) is 5.75 Å². The van der Waals surface area contributed by atoms with Crippen LogP contribution in [0.3, 0.4) is 0 Å². The molecular weight excluding hydrogens is 334 g/mol. The van der Waals surface area contributed by atoms with Crippen molar-refractivity contribution < 1.29 is 9.53 Å². The molecule has 6 heteroatoms. The Balaban J connectivity index is 1.64. The lowest BCUT2D eigenvalue weighted by molar-refractivity contribution is 0.211. The van der Waals surface area contributed by atoms with Crippen LogP contribution in [-0.4, -0.2) is 11.1 Å². The summed E-state index contributed by atoms with van der Waals surface area (Å²) < 4.78 is 4.76. The van der Waals surface area contributed by atoms with E-state index < -0.39 is 6.09 Å². The number of carbonyl (C=O) groups is 1. The number of benzene rings is 2. The van der Waals surface area contributed by atoms with Crippen LogP contribution in [0.2, 0.25) is 0 Å². The predicted octanol–water partition coefficient (Wildman–Crippen LogP) is 4.08. The summed E-state index contributed by atoms with van der Waals surface area (Å²) in [6.45, 7) is 0. The van der Waals surface area contributed by atoms with Gasteiger partial charge in [0.2, 0.25) is 0 Å². The minimum Gasteiger partial charge on any atom is -0.407 e. The molecule has 0 radical (unpaired) electrons. The number of pyridine rings is 1. The third-order valence-electron chi connectivity index (χ3n) is 3.52. The maximum atomic E-state index is 10.8. The summed E-state index contributed by atoms with van der Waals surface area (Å²) in [6.07, 6.45) is -0.910. The van der Waals surface area contributed by atoms with E-state index in [0.29, 0.717) is 0 Å². The molecule has 1 amide bonds. The first kappa shape index (κ1) is 16.9. The molecule has 0 aliphatic rings. The number of aromatic nitrogens is 1. The SMILES string of the molecule is NC(=O)Oc1ccc(SCc2ccc(-c3ccccc3)cc2)nc1N. The van der Waals surface area contributed by atoms with Crippen molar-refractivity contribution in [1.82, 2.24) is 4.98 Å². The first-order valence-electron chi connectivity index (χ1n) is 7.63. The van der Waals surface area contributed by atoms with Gasteiger partial charge in [-0.1, -0.05) is 54.6 Å². The predicted molar refractivity (Wildman–Crippen MR) is 100 cm³/mol. The van der Waals surface area contributed by atoms with Crippen LogP contribution in [0.15, 0.2) is 71.8 Å². The van der Waals surface area contributed by atoms with Gasteiger partial charge in [0.25, 0.3) is 0 Å². The maximum Gasteiger partial charge on any atom is 0.410 e. The van der Waals surface area contributed by atoms with Crippen molar-refractivity contribution in [3.05, 3.63) is 72.3 Å². The number of amides is 1. The summed E-state index contributed by atoms with van der Waals surface area (Å²) in [5, 5.41) is 0.751. The Labute approximate surface area is 150 Å². The number of ether oxygens (including phenoxy) is 1. The molecule has 25 heavy (non-hydrogen) atoms. The molecule has 0 fully saturated rings. The molecule has 0 bridgehead atoms. The fraction of sp³-hybridized carbons (Fsp3) is 0.0526. The molecule has 0 saturated heterocycles. The van der Waals surface area contributed by atoms with Gasteiger partial charge in [0, 0.05) is 5.75 Å². The Bertz CT molecular complexity index is 868. The molecule has 0 aliphatic heterocycles. The summed E-state index contributed by atoms with van der Waals surface area (Å²) in [4.78, 5) is 15.0. The number of nitrogen functional groups attached to an aromatic ring is 1. The van der Waals surface area contributed by atoms with Crippen LogP contribution < -0.4 is 16.2 Å². The van der Waals surface area contributed by atoms with E-state index in [0.717, 1.165) is 10.8 Å². The average molecular weight is 351 g/mol. The third kappa shape index (κ3) is 4.51. The van der Waals surface area contributed by atoms with E-state index in [9.17, 15) is 4.79 Å². The van der Waals surface area contributed by atoms with Crippen LogP contribution in [0.1, 0.15) is 5.56 Å². The topological polar surface area (TPSA) is 91.2 Å². The van der Waals surface area contributed by atoms with Gasteiger partial charge in [0.05, 0.1) is 5.03 Å². The molecule has 5 nitrogen and oxygen atoms in total. The Morgan fingerprint density at radius 2 is 1.64 bits per heavy atom. The molecule has 0 saturated carbocycles. The number of thioether (sulfide) groups is 1. The van der Waals surface area contributed by atoms with Gasteiger partial charge in [0.15, 0.2) is 11.6 Å². The van der Waals surface area contributed by atoms with Gasteiger partial charge < -0.3 is 16.2 Å². The van der Waals surface area contributed by atoms with Gasteiger partial charge >= 0.3 is 6.09 Å². The fourth-order valence-corrected chi connectivity index (χ4v) is 3.13. The smallest absolute Gasteiger partial charge is 0.407 e. The molecule has 4 N–H and O–H groups in total. The largest absolute Gasteiger partial charge is 0.410 e. The minimum absolute atomic E-state index is 0.142. The maximum absolute atomic E-state index is 10.8. The summed E-state index contributed by atoms with van der Waals surface area (Å²) >= 11 is 1.55. The zero-order valence-electron chi connectivity index (χ0n) is 13.4. The summed E-state index contributed by atoms with van der Waals surface area (Å²) in [5.74, 6) is 1.07. The number of anilines is 1. The molecule has 2 aromatic carbocycles. The standard InChI is InChI=1S/C19H17N3O2S/c20-18-16(24-19(21)23)10-11-17(22-18)25-12-13-6-8-15(9-7-13)14-4-2-1-3-5-14/h1-11H,12H2,(H2,20,22)(H2,21,23). The van der Waals surface area contributed by atoms with Crippen LogP contribution in [0, 0.1) is 0 Å². The van der Waals surface area contributed by atoms with E-state index >= 15 is 0 Å². The van der Waals surface area contributed by atoms with Gasteiger partial charge in [-0.3, -0.25) is 0 Å². The molecule has 1 heterocycles. The molecule has 3 aromatic rings. The van der Waals surface area contributed by atoms with Crippen molar-refractivity contribution in [3.63, 3.8) is 0 Å². The Morgan fingerprint density at radius 1 is 0.960 bits per heavy atom. The minimum atomic E-state index is -0.910. The summed E-state index contributed by atoms with van der Waals surface area (Å²) in [5.41, 5.74) is 14.3. The van der Waals surface area contributed by atoms with Gasteiger partial charge in [-0.25, -0.2) is 9.78 Å². The quantitative estimate of drug-likeness (QED) is 0.676. The monoisotopic (exact) mass is 351 g/mol. The van der Waals surface area contributed by atoms with Crippen LogP contribution in [0.25, 0.3) is 11.1 Å². The number of rotatable bonds is 5. The van der Waals surface area contributed by atoms with Crippen LogP contribution >= 0.6 is 11.8 Å². The van der Waals surface area contributed by atoms with Crippen molar-refractivity contribution in [2.75, 3.05) is 5.73 Å². The third-order valence-corrected chi connectivity index (χ3v) is 4.52. The van der Waals surface area contributed by atoms with Crippen LogP contribution in [-0.2, 0) is 5.75 Å². The van der Waals surface area contributed by atoms with E-state index in [1.807, 2.05) is 18.2 Å². The van der Waals surface area contributed by atoms with Crippen molar-refractivity contribution in [1.29, 1.82) is 0 Å². The number of nitrogens with zero attached hydrogens (tertiary/aromatic N) is 1. The normalized spacial score (nSPS) is 10.4. The van der Waals surface area contributed by atoms with E-state index in [2.05, 4.69) is 41.4 Å². The first-order valence-corrected chi connectivity index (χ1v) is 8.61. The highest BCUT2D eigenvalue weighted by atomic mass is 32.2. The number of hydrogen-bond donors (Lipinski definition) is 2. The molecule has 0 unspecified atom stereocenters. The Morgan fingerprint density at radius 3 is 2.28 bits per heavy atom. The number of nitrogens with two attached hydrogens (primary N) is 2. The number of hydrogen-bond acceptors (Lipinski definition) is 5. The Kier molecular flexibility index (Phi) is 5.20. The van der Waals surface area contributed by atoms with Crippen molar-refractivity contribution in [2.45, 2.75) is 10.8 Å². The lowest BCUT2D eigenvalue weighted by Gasteiger charge is -2.07. The van der Waals surface area contributed by atoms with E-state index in [-0.39, 0.29) is 11.6 Å². The average Bonchev–Trinajstić information content (AvgIpc) is 2.63. The van der Waals surface area contributed by atoms with Gasteiger partial charge in [-0.2, -0.15) is 0 Å². The second-order valence-corrected chi connectivity index (χ2v) is 6.30. The number of carbonyl (C=O) groups excluding carboxylic acids is 1. The van der Waals surface area contributed by atoms with E-state index in [1.54, 1.807) is 23.9 Å². The van der Waals surface area contributed by atoms with E-state index in [1.165, 1.54) is 16.7 Å². The lowest BCUT2D eigenvalue weighted by atomic mass is 10.0. The molecule has 0 aliphatic carbocycles. The molecule has 126 valence electrons. The molecule has 1 aromatic heterocycles. The first-order chi connectivity index (χ1) is 12.1. The zero-order valence-corrected chi connectivity index (χ0v) is 14.2. The second kappa shape index (κ2) is 7.72. The summed E-state index contributed by atoms with van der Waals surface area (Å²) in [7, 11) is 0. The number of primary amides is 1. The van der Waals surface area contributed by atoms with Gasteiger partial charge in [-0.05, 0) is 28.8 Å². The molecule has 3 rings (SSSR count). The molecule has 0 spiro atoms. The zero-order chi connectivity index (χ0) is 17.6. The Hall–Kier alpha value is -2.99. The van der Waals surface area contributed by atoms with Gasteiger partial charge in [-0.15, -0.1) is 11.8 Å². The summed E-state index contributed by atoms with van der Waals surface area (Å²) in [6, 6.07) is 22.0. The second-order valence-electron chi connectivity index (χ2n) is 5.31. The lowest BCUT2D eigenvalue weighted by Crippen LogP contribution is -2.17. The van der Waals surface area contributed by atoms with Gasteiger partial charge in [0.1, 0.15) is 0 Å². The van der Waals surface area contributed by atoms with Crippen molar-refractivity contribution in [2.24, 2.45) is 5.73 Å². The fourth-order valence-electron chi connectivity index (χ4n) is 2.30. The van der Waals surface area contributed by atoms with Crippen LogP contribution in [0.4, 0.5) is 10.6 Å². The highest BCUT2D eigenvalue weighted by molar-refractivity contribution is 7.98. The highest BCUT2D eigenvalue weighted by Crippen LogP contribution is 2.27. The van der Waals surface area contributed by atoms with Crippen molar-refractivity contribution in [3.8, 4) is 16.9 Å². The molecular formula is C19H17N3O2S. The highest BCUT2D eigenvalue weighted by Gasteiger charge is 2.07. The van der Waals surface area contributed by atoms with Crippen molar-refractivity contribution >= 4 is 23.7 Å². The van der Waals surface area contributed by atoms with E-state index in [4.69, 9.17) is 16.2 Å².